The zero-order valence-corrected chi connectivity index (χ0v) is 27.5. The highest BCUT2D eigenvalue weighted by Gasteiger charge is 2.42. The molecule has 0 atom stereocenters. The summed E-state index contributed by atoms with van der Waals surface area (Å²) in [6.45, 7) is 15.4. The number of rotatable bonds is 5. The molecule has 1 N–H and O–H groups in total. The number of fused-ring (bicyclic) bond motifs is 3. The Balaban J connectivity index is 1.17. The lowest BCUT2D eigenvalue weighted by Crippen LogP contribution is -2.44. The Kier molecular flexibility index (Phi) is 6.64. The number of aliphatic imine (C=N–C) groups is 1. The maximum absolute atomic E-state index is 13.3. The van der Waals surface area contributed by atoms with Gasteiger partial charge in [-0.25, -0.2) is 9.59 Å². The van der Waals surface area contributed by atoms with Gasteiger partial charge in [0.1, 0.15) is 5.58 Å². The van der Waals surface area contributed by atoms with Gasteiger partial charge in [-0.3, -0.25) is 4.99 Å². The van der Waals surface area contributed by atoms with Gasteiger partial charge >= 0.3 is 11.6 Å². The third-order valence-electron chi connectivity index (χ3n) is 10.0. The second-order valence-corrected chi connectivity index (χ2v) is 15.5. The molecule has 2 aromatic carbocycles. The van der Waals surface area contributed by atoms with Gasteiger partial charge in [0, 0.05) is 44.9 Å². The zero-order chi connectivity index (χ0) is 31.9. The standard InChI is InChI=1S/C38H38N2O4S/c1-36(2)15-17-40-18-16-37(3,4)31-32(40)28(36)21-24-19-23(35(43)44-33(24)31)7-9-25-10-11-26(45-25)12-14-30-38(5,6)27-20-22(34(41)42)8-13-29(27)39-30/h7-14,19-21H,15-18H2,1-6H3,(H,41,42). The third-order valence-corrected chi connectivity index (χ3v) is 11.1. The summed E-state index contributed by atoms with van der Waals surface area (Å²) in [6, 6.07) is 13.4. The molecule has 2 aromatic heterocycles. The van der Waals surface area contributed by atoms with E-state index in [2.05, 4.69) is 58.6 Å². The monoisotopic (exact) mass is 618 g/mol. The van der Waals surface area contributed by atoms with Crippen molar-refractivity contribution in [3.8, 4) is 0 Å². The topological polar surface area (TPSA) is 83.1 Å². The Morgan fingerprint density at radius 2 is 1.58 bits per heavy atom. The van der Waals surface area contributed by atoms with Crippen molar-refractivity contribution >= 4 is 63.6 Å². The molecule has 0 spiro atoms. The first-order valence-electron chi connectivity index (χ1n) is 15.6. The molecular formula is C38H38N2O4S. The number of carbonyl (C=O) groups is 1. The van der Waals surface area contributed by atoms with Crippen molar-refractivity contribution in [1.29, 1.82) is 0 Å². The molecule has 6 nitrogen and oxygen atoms in total. The summed E-state index contributed by atoms with van der Waals surface area (Å²) in [6.07, 6.45) is 10.0. The van der Waals surface area contributed by atoms with Crippen molar-refractivity contribution in [2.75, 3.05) is 18.0 Å². The minimum absolute atomic E-state index is 0.0543. The lowest BCUT2D eigenvalue weighted by atomic mass is 9.69. The minimum Gasteiger partial charge on any atom is -0.478 e. The summed E-state index contributed by atoms with van der Waals surface area (Å²) in [5.74, 6) is -0.939. The van der Waals surface area contributed by atoms with Crippen LogP contribution in [0.5, 0.6) is 0 Å². The predicted molar refractivity (Wildman–Crippen MR) is 186 cm³/mol. The van der Waals surface area contributed by atoms with Gasteiger partial charge in [-0.1, -0.05) is 41.5 Å². The Morgan fingerprint density at radius 1 is 0.889 bits per heavy atom. The quantitative estimate of drug-likeness (QED) is 0.226. The largest absolute Gasteiger partial charge is 0.478 e. The fourth-order valence-electron chi connectivity index (χ4n) is 7.08. The summed E-state index contributed by atoms with van der Waals surface area (Å²) >= 11 is 1.62. The van der Waals surface area contributed by atoms with Crippen LogP contribution in [0.4, 0.5) is 11.4 Å². The van der Waals surface area contributed by atoms with E-state index in [1.807, 2.05) is 36.4 Å². The van der Waals surface area contributed by atoms with Crippen LogP contribution in [0.25, 0.3) is 29.2 Å². The second-order valence-electron chi connectivity index (χ2n) is 14.4. The van der Waals surface area contributed by atoms with Crippen LogP contribution in [-0.2, 0) is 16.2 Å². The van der Waals surface area contributed by atoms with Crippen LogP contribution in [0.1, 0.15) is 96.8 Å². The average molecular weight is 619 g/mol. The number of hydrogen-bond donors (Lipinski definition) is 1. The Hall–Kier alpha value is -4.23. The van der Waals surface area contributed by atoms with E-state index >= 15 is 0 Å². The summed E-state index contributed by atoms with van der Waals surface area (Å²) in [4.78, 5) is 34.1. The number of carboxylic acids is 1. The van der Waals surface area contributed by atoms with Gasteiger partial charge in [-0.15, -0.1) is 11.3 Å². The fourth-order valence-corrected chi connectivity index (χ4v) is 7.90. The van der Waals surface area contributed by atoms with Gasteiger partial charge in [0.15, 0.2) is 0 Å². The highest BCUT2D eigenvalue weighted by atomic mass is 32.1. The van der Waals surface area contributed by atoms with E-state index in [4.69, 9.17) is 9.41 Å². The molecule has 0 saturated heterocycles. The van der Waals surface area contributed by atoms with Crippen molar-refractivity contribution in [2.24, 2.45) is 4.99 Å². The number of aromatic carboxylic acids is 1. The van der Waals surface area contributed by atoms with Crippen LogP contribution in [0, 0.1) is 0 Å². The molecule has 0 amide bonds. The molecule has 7 heteroatoms. The van der Waals surface area contributed by atoms with E-state index in [1.54, 1.807) is 29.5 Å². The molecule has 3 aliphatic heterocycles. The summed E-state index contributed by atoms with van der Waals surface area (Å²) in [5.41, 5.74) is 7.21. The molecule has 0 saturated carbocycles. The van der Waals surface area contributed by atoms with Gasteiger partial charge in [0.05, 0.1) is 22.5 Å². The summed E-state index contributed by atoms with van der Waals surface area (Å²) < 4.78 is 6.14. The lowest BCUT2D eigenvalue weighted by molar-refractivity contribution is 0.0696. The van der Waals surface area contributed by atoms with Crippen molar-refractivity contribution in [2.45, 2.75) is 70.6 Å². The highest BCUT2D eigenvalue weighted by molar-refractivity contribution is 7.13. The van der Waals surface area contributed by atoms with E-state index in [9.17, 15) is 14.7 Å². The molecule has 0 radical (unpaired) electrons. The molecule has 45 heavy (non-hydrogen) atoms. The van der Waals surface area contributed by atoms with E-state index in [1.165, 1.54) is 16.8 Å². The predicted octanol–water partition coefficient (Wildman–Crippen LogP) is 8.97. The molecule has 0 unspecified atom stereocenters. The van der Waals surface area contributed by atoms with Crippen LogP contribution in [-0.4, -0.2) is 29.9 Å². The van der Waals surface area contributed by atoms with Crippen molar-refractivity contribution in [3.63, 3.8) is 0 Å². The molecule has 3 aliphatic rings. The zero-order valence-electron chi connectivity index (χ0n) is 26.7. The van der Waals surface area contributed by atoms with Gasteiger partial charge < -0.3 is 14.4 Å². The Morgan fingerprint density at radius 3 is 2.29 bits per heavy atom. The SMILES string of the molecule is CC1(C)CCN2CCC(C)(C)c3c2c1cc1cc(C=Cc2ccc(C=CC4=Nc5ccc(C(=O)O)cc5C4(C)C)s2)c(=O)oc31. The molecule has 5 heterocycles. The third kappa shape index (κ3) is 4.88. The maximum Gasteiger partial charge on any atom is 0.343 e. The van der Waals surface area contributed by atoms with Gasteiger partial charge in [-0.05, 0) is 102 Å². The van der Waals surface area contributed by atoms with Crippen LogP contribution < -0.4 is 10.5 Å². The Bertz CT molecular complexity index is 2050. The van der Waals surface area contributed by atoms with Crippen LogP contribution >= 0.6 is 11.3 Å². The van der Waals surface area contributed by atoms with Crippen LogP contribution in [0.15, 0.2) is 62.7 Å². The second kappa shape index (κ2) is 10.1. The maximum atomic E-state index is 13.3. The van der Waals surface area contributed by atoms with Gasteiger partial charge in [0.25, 0.3) is 0 Å². The smallest absolute Gasteiger partial charge is 0.343 e. The van der Waals surface area contributed by atoms with Gasteiger partial charge in [-0.2, -0.15) is 0 Å². The molecule has 7 rings (SSSR count). The number of thiophene rings is 1. The average Bonchev–Trinajstić information content (AvgIpc) is 3.54. The van der Waals surface area contributed by atoms with E-state index in [0.717, 1.165) is 63.6 Å². The first kappa shape index (κ1) is 29.5. The first-order valence-corrected chi connectivity index (χ1v) is 16.4. The van der Waals surface area contributed by atoms with E-state index in [0.29, 0.717) is 5.56 Å². The molecule has 230 valence electrons. The minimum atomic E-state index is -0.939. The first-order chi connectivity index (χ1) is 21.2. The molecule has 4 aromatic rings. The lowest BCUT2D eigenvalue weighted by Gasteiger charge is -2.48. The number of hydrogen-bond acceptors (Lipinski definition) is 6. The van der Waals surface area contributed by atoms with Crippen LogP contribution in [0.2, 0.25) is 0 Å². The van der Waals surface area contributed by atoms with E-state index < -0.39 is 11.4 Å². The number of allylic oxidation sites excluding steroid dienone is 1. The summed E-state index contributed by atoms with van der Waals surface area (Å²) in [5, 5.41) is 10.4. The Labute approximate surface area is 267 Å². The molecule has 0 fully saturated rings. The van der Waals surface area contributed by atoms with E-state index in [-0.39, 0.29) is 22.0 Å². The molecular weight excluding hydrogens is 580 g/mol. The van der Waals surface area contributed by atoms with Gasteiger partial charge in [0.2, 0.25) is 0 Å². The summed E-state index contributed by atoms with van der Waals surface area (Å²) in [7, 11) is 0. The number of nitrogens with zero attached hydrogens (tertiary/aromatic N) is 2. The number of anilines is 1. The highest BCUT2D eigenvalue weighted by Crippen LogP contribution is 2.51. The number of carboxylic acid groups (broad SMARTS) is 1. The molecule has 0 aliphatic carbocycles. The number of benzene rings is 2. The fraction of sp³-hybridized carbons (Fsp3) is 0.342. The van der Waals surface area contributed by atoms with Crippen molar-refractivity contribution in [1.82, 2.24) is 0 Å². The van der Waals surface area contributed by atoms with Crippen molar-refractivity contribution in [3.05, 3.63) is 96.5 Å². The van der Waals surface area contributed by atoms with Crippen LogP contribution in [0.3, 0.4) is 0 Å². The van der Waals surface area contributed by atoms with Crippen molar-refractivity contribution < 1.29 is 14.3 Å². The molecule has 0 bridgehead atoms. The normalized spacial score (nSPS) is 19.2.